The average molecular weight is 206 g/mol. The Kier molecular flexibility index (Phi) is 3.42. The fourth-order valence-electron chi connectivity index (χ4n) is 1.63. The third-order valence-electron chi connectivity index (χ3n) is 2.43. The number of nitrogens with one attached hydrogen (secondary N) is 1. The summed E-state index contributed by atoms with van der Waals surface area (Å²) in [7, 11) is 0. The van der Waals surface area contributed by atoms with Crippen molar-refractivity contribution in [2.45, 2.75) is 38.2 Å². The van der Waals surface area contributed by atoms with Crippen LogP contribution in [0.25, 0.3) is 0 Å². The first-order valence-electron chi connectivity index (χ1n) is 4.84. The van der Waals surface area contributed by atoms with E-state index < -0.39 is 17.7 Å². The maximum atomic E-state index is 13.1. The molecule has 5 heteroatoms. The normalized spacial score (nSPS) is 27.3. The number of halogens is 2. The first-order valence-corrected chi connectivity index (χ1v) is 4.84. The second-order valence-electron chi connectivity index (χ2n) is 3.93. The van der Waals surface area contributed by atoms with E-state index in [0.717, 1.165) is 0 Å². The summed E-state index contributed by atoms with van der Waals surface area (Å²) in [6.45, 7) is 1.97. The lowest BCUT2D eigenvalue weighted by molar-refractivity contribution is -0.136. The molecule has 1 saturated carbocycles. The Labute approximate surface area is 82.0 Å². The van der Waals surface area contributed by atoms with Gasteiger partial charge in [0.05, 0.1) is 0 Å². The Morgan fingerprint density at radius 2 is 2.36 bits per heavy atom. The zero-order chi connectivity index (χ0) is 10.8. The zero-order valence-corrected chi connectivity index (χ0v) is 8.22. The third-order valence-corrected chi connectivity index (χ3v) is 2.43. The molecule has 0 aromatic heterocycles. The molecule has 82 valence electrons. The van der Waals surface area contributed by atoms with Crippen LogP contribution in [0.15, 0.2) is 0 Å². The maximum Gasteiger partial charge on any atom is 0.259 e. The van der Waals surface area contributed by atoms with E-state index in [2.05, 4.69) is 5.32 Å². The largest absolute Gasteiger partial charge is 0.354 e. The van der Waals surface area contributed by atoms with Crippen LogP contribution in [0.5, 0.6) is 0 Å². The standard InChI is InChI=1S/C9H16F2N2O/c1-6(12)5-13-8(14)7-3-2-4-9(7,10)11/h6-7H,2-5,12H2,1H3,(H,13,14). The molecule has 1 amide bonds. The average Bonchev–Trinajstić information content (AvgIpc) is 2.41. The monoisotopic (exact) mass is 206 g/mol. The fourth-order valence-corrected chi connectivity index (χ4v) is 1.63. The molecule has 0 radical (unpaired) electrons. The number of hydrogen-bond acceptors (Lipinski definition) is 2. The molecule has 1 rings (SSSR count). The molecule has 0 aliphatic heterocycles. The second kappa shape index (κ2) is 4.21. The molecule has 1 fully saturated rings. The van der Waals surface area contributed by atoms with Gasteiger partial charge in [0.2, 0.25) is 5.91 Å². The van der Waals surface area contributed by atoms with Crippen molar-refractivity contribution in [1.82, 2.24) is 5.32 Å². The smallest absolute Gasteiger partial charge is 0.259 e. The number of amides is 1. The molecule has 0 heterocycles. The Morgan fingerprint density at radius 3 is 2.79 bits per heavy atom. The molecule has 2 atom stereocenters. The Bertz CT molecular complexity index is 219. The molecule has 3 nitrogen and oxygen atoms in total. The van der Waals surface area contributed by atoms with Gasteiger partial charge in [-0.2, -0.15) is 0 Å². The van der Waals surface area contributed by atoms with E-state index in [9.17, 15) is 13.6 Å². The molecule has 1 aliphatic rings. The summed E-state index contributed by atoms with van der Waals surface area (Å²) >= 11 is 0. The van der Waals surface area contributed by atoms with Crippen molar-refractivity contribution in [3.05, 3.63) is 0 Å². The molecule has 0 spiro atoms. The first-order chi connectivity index (χ1) is 6.43. The van der Waals surface area contributed by atoms with Crippen LogP contribution >= 0.6 is 0 Å². The van der Waals surface area contributed by atoms with Gasteiger partial charge in [0.15, 0.2) is 0 Å². The minimum Gasteiger partial charge on any atom is -0.354 e. The van der Waals surface area contributed by atoms with Gasteiger partial charge in [-0.3, -0.25) is 4.79 Å². The van der Waals surface area contributed by atoms with E-state index in [0.29, 0.717) is 6.42 Å². The predicted octanol–water partition coefficient (Wildman–Crippen LogP) is 0.885. The maximum absolute atomic E-state index is 13.1. The molecule has 14 heavy (non-hydrogen) atoms. The van der Waals surface area contributed by atoms with Crippen molar-refractivity contribution in [3.8, 4) is 0 Å². The first kappa shape index (κ1) is 11.4. The Balaban J connectivity index is 2.44. The molecule has 0 aromatic rings. The molecular formula is C9H16F2N2O. The lowest BCUT2D eigenvalue weighted by atomic mass is 10.0. The summed E-state index contributed by atoms with van der Waals surface area (Å²) in [6.07, 6.45) is 0.518. The number of nitrogens with two attached hydrogens (primary N) is 1. The topological polar surface area (TPSA) is 55.1 Å². The van der Waals surface area contributed by atoms with Crippen molar-refractivity contribution < 1.29 is 13.6 Å². The van der Waals surface area contributed by atoms with E-state index in [1.54, 1.807) is 6.92 Å². The van der Waals surface area contributed by atoms with Gasteiger partial charge in [-0.1, -0.05) is 0 Å². The van der Waals surface area contributed by atoms with Crippen LogP contribution < -0.4 is 11.1 Å². The number of alkyl halides is 2. The molecular weight excluding hydrogens is 190 g/mol. The van der Waals surface area contributed by atoms with Crippen LogP contribution in [0.3, 0.4) is 0 Å². The van der Waals surface area contributed by atoms with Gasteiger partial charge in [-0.15, -0.1) is 0 Å². The zero-order valence-electron chi connectivity index (χ0n) is 8.22. The van der Waals surface area contributed by atoms with Gasteiger partial charge in [-0.25, -0.2) is 8.78 Å². The van der Waals surface area contributed by atoms with Crippen molar-refractivity contribution in [2.75, 3.05) is 6.54 Å². The van der Waals surface area contributed by atoms with Crippen molar-refractivity contribution in [2.24, 2.45) is 11.7 Å². The summed E-state index contributed by atoms with van der Waals surface area (Å²) in [6, 6.07) is -0.200. The number of carbonyl (C=O) groups excluding carboxylic acids is 1. The van der Waals surface area contributed by atoms with Crippen LogP contribution in [-0.2, 0) is 4.79 Å². The highest BCUT2D eigenvalue weighted by Crippen LogP contribution is 2.40. The third kappa shape index (κ3) is 2.64. The highest BCUT2D eigenvalue weighted by atomic mass is 19.3. The van der Waals surface area contributed by atoms with Crippen LogP contribution in [0, 0.1) is 5.92 Å². The summed E-state index contributed by atoms with van der Waals surface area (Å²) in [4.78, 5) is 11.3. The number of carbonyl (C=O) groups is 1. The summed E-state index contributed by atoms with van der Waals surface area (Å²) < 4.78 is 26.2. The van der Waals surface area contributed by atoms with E-state index in [1.807, 2.05) is 0 Å². The van der Waals surface area contributed by atoms with E-state index in [-0.39, 0.29) is 25.4 Å². The van der Waals surface area contributed by atoms with Gasteiger partial charge in [0.25, 0.3) is 5.92 Å². The highest BCUT2D eigenvalue weighted by Gasteiger charge is 2.47. The van der Waals surface area contributed by atoms with Crippen LogP contribution in [0.4, 0.5) is 8.78 Å². The van der Waals surface area contributed by atoms with Gasteiger partial charge >= 0.3 is 0 Å². The predicted molar refractivity (Wildman–Crippen MR) is 48.9 cm³/mol. The summed E-state index contributed by atoms with van der Waals surface area (Å²) in [5.41, 5.74) is 5.40. The van der Waals surface area contributed by atoms with E-state index in [4.69, 9.17) is 5.73 Å². The van der Waals surface area contributed by atoms with Crippen molar-refractivity contribution in [1.29, 1.82) is 0 Å². The molecule has 0 aromatic carbocycles. The molecule has 2 unspecified atom stereocenters. The van der Waals surface area contributed by atoms with E-state index in [1.165, 1.54) is 0 Å². The second-order valence-corrected chi connectivity index (χ2v) is 3.93. The van der Waals surface area contributed by atoms with Gasteiger partial charge in [0.1, 0.15) is 5.92 Å². The molecule has 1 aliphatic carbocycles. The lowest BCUT2D eigenvalue weighted by Crippen LogP contribution is -2.42. The quantitative estimate of drug-likeness (QED) is 0.720. The minimum absolute atomic E-state index is 0.177. The highest BCUT2D eigenvalue weighted by molar-refractivity contribution is 5.80. The molecule has 0 saturated heterocycles. The minimum atomic E-state index is -2.83. The van der Waals surface area contributed by atoms with Gasteiger partial charge < -0.3 is 11.1 Å². The molecule has 3 N–H and O–H groups in total. The van der Waals surface area contributed by atoms with Gasteiger partial charge in [-0.05, 0) is 19.8 Å². The fraction of sp³-hybridized carbons (Fsp3) is 0.889. The van der Waals surface area contributed by atoms with Crippen LogP contribution in [0.2, 0.25) is 0 Å². The van der Waals surface area contributed by atoms with Crippen LogP contribution in [-0.4, -0.2) is 24.4 Å². The number of rotatable bonds is 3. The Morgan fingerprint density at radius 1 is 1.71 bits per heavy atom. The number of hydrogen-bond donors (Lipinski definition) is 2. The van der Waals surface area contributed by atoms with Crippen molar-refractivity contribution >= 4 is 5.91 Å². The van der Waals surface area contributed by atoms with E-state index >= 15 is 0 Å². The SMILES string of the molecule is CC(N)CNC(=O)C1CCCC1(F)F. The summed E-state index contributed by atoms with van der Waals surface area (Å²) in [5.74, 6) is -4.55. The van der Waals surface area contributed by atoms with Crippen LogP contribution in [0.1, 0.15) is 26.2 Å². The van der Waals surface area contributed by atoms with Crippen molar-refractivity contribution in [3.63, 3.8) is 0 Å². The summed E-state index contributed by atoms with van der Waals surface area (Å²) in [5, 5.41) is 2.44. The van der Waals surface area contributed by atoms with Gasteiger partial charge in [0, 0.05) is 19.0 Å². The molecule has 0 bridgehead atoms. The lowest BCUT2D eigenvalue weighted by Gasteiger charge is -2.18. The Hall–Kier alpha value is -0.710.